The van der Waals surface area contributed by atoms with E-state index >= 15 is 0 Å². The molecule has 0 aliphatic heterocycles. The number of aromatic nitrogens is 2. The zero-order valence-electron chi connectivity index (χ0n) is 22.3. The lowest BCUT2D eigenvalue weighted by atomic mass is 9.93. The second-order valence-corrected chi connectivity index (χ2v) is 13.0. The number of nitrogens with zero attached hydrogens (tertiary/aromatic N) is 2. The molecule has 0 aliphatic rings. The molecular weight excluding hydrogens is 485 g/mol. The number of benzene rings is 1. The van der Waals surface area contributed by atoms with Gasteiger partial charge in [-0.05, 0) is 87.8 Å². The van der Waals surface area contributed by atoms with Crippen LogP contribution < -0.4 is 0 Å². The molecule has 0 bridgehead atoms. The smallest absolute Gasteiger partial charge is 0.114 e. The first-order chi connectivity index (χ1) is 17.0. The number of hydrogen-bond acceptors (Lipinski definition) is 5. The van der Waals surface area contributed by atoms with Gasteiger partial charge in [0.1, 0.15) is 11.0 Å². The van der Waals surface area contributed by atoms with Crippen LogP contribution in [0.4, 0.5) is 0 Å². The van der Waals surface area contributed by atoms with E-state index in [0.717, 1.165) is 11.0 Å². The quantitative estimate of drug-likeness (QED) is 0.172. The van der Waals surface area contributed by atoms with Gasteiger partial charge >= 0.3 is 0 Å². The number of unbranched alkanes of at least 4 members (excludes halogenated alkanes) is 6. The summed E-state index contributed by atoms with van der Waals surface area (Å²) in [6, 6.07) is 4.88. The molecule has 4 aromatic rings. The highest BCUT2D eigenvalue weighted by atomic mass is 32.1. The SMILES string of the molecule is CCCCCCc1cc(-c2c(C)c(C)c(-c3cc(CCCCCC)c(C)s3)c3nsnc23)sc1C. The molecule has 0 aliphatic carbocycles. The van der Waals surface area contributed by atoms with Crippen LogP contribution in [0.2, 0.25) is 0 Å². The third-order valence-corrected chi connectivity index (χ3v) is 10.2. The second kappa shape index (κ2) is 12.1. The molecule has 188 valence electrons. The molecule has 0 atom stereocenters. The largest absolute Gasteiger partial charge is 0.172 e. The molecule has 3 heterocycles. The van der Waals surface area contributed by atoms with E-state index in [1.54, 1.807) is 0 Å². The van der Waals surface area contributed by atoms with Crippen LogP contribution >= 0.6 is 34.4 Å². The molecule has 35 heavy (non-hydrogen) atoms. The third kappa shape index (κ3) is 5.73. The van der Waals surface area contributed by atoms with Gasteiger partial charge in [-0.2, -0.15) is 8.75 Å². The summed E-state index contributed by atoms with van der Waals surface area (Å²) in [6.07, 6.45) is 12.9. The van der Waals surface area contributed by atoms with Crippen molar-refractivity contribution in [2.45, 2.75) is 106 Å². The summed E-state index contributed by atoms with van der Waals surface area (Å²) in [5, 5.41) is 0. The first-order valence-corrected chi connectivity index (χ1v) is 15.8. The number of rotatable bonds is 12. The van der Waals surface area contributed by atoms with Crippen molar-refractivity contribution >= 4 is 45.4 Å². The molecule has 0 unspecified atom stereocenters. The summed E-state index contributed by atoms with van der Waals surface area (Å²) in [4.78, 5) is 5.62. The lowest BCUT2D eigenvalue weighted by Crippen LogP contribution is -1.93. The molecule has 0 fully saturated rings. The zero-order valence-corrected chi connectivity index (χ0v) is 24.8. The topological polar surface area (TPSA) is 25.8 Å². The minimum atomic E-state index is 1.09. The summed E-state index contributed by atoms with van der Waals surface area (Å²) < 4.78 is 9.70. The maximum atomic E-state index is 4.85. The Morgan fingerprint density at radius 3 is 1.43 bits per heavy atom. The van der Waals surface area contributed by atoms with Crippen molar-refractivity contribution in [3.63, 3.8) is 0 Å². The maximum Gasteiger partial charge on any atom is 0.114 e. The van der Waals surface area contributed by atoms with E-state index in [2.05, 4.69) is 53.7 Å². The van der Waals surface area contributed by atoms with Gasteiger partial charge in [0.2, 0.25) is 0 Å². The Kier molecular flexibility index (Phi) is 9.18. The molecule has 1 aromatic carbocycles. The van der Waals surface area contributed by atoms with E-state index in [1.165, 1.54) is 129 Å². The fourth-order valence-corrected chi connectivity index (χ4v) is 8.03. The van der Waals surface area contributed by atoms with Crippen LogP contribution in [-0.4, -0.2) is 8.75 Å². The number of fused-ring (bicyclic) bond motifs is 1. The van der Waals surface area contributed by atoms with Crippen molar-refractivity contribution < 1.29 is 0 Å². The minimum Gasteiger partial charge on any atom is -0.172 e. The number of thiophene rings is 2. The molecule has 5 heteroatoms. The van der Waals surface area contributed by atoms with Gasteiger partial charge in [0.05, 0.1) is 11.7 Å². The Morgan fingerprint density at radius 2 is 1.03 bits per heavy atom. The van der Waals surface area contributed by atoms with Gasteiger partial charge in [-0.25, -0.2) is 0 Å². The second-order valence-electron chi connectivity index (χ2n) is 9.97. The van der Waals surface area contributed by atoms with Gasteiger partial charge in [-0.15, -0.1) is 22.7 Å². The first kappa shape index (κ1) is 26.5. The summed E-state index contributed by atoms with van der Waals surface area (Å²) in [5.41, 5.74) is 10.5. The van der Waals surface area contributed by atoms with Crippen LogP contribution in [0, 0.1) is 27.7 Å². The van der Waals surface area contributed by atoms with Crippen LogP contribution in [0.5, 0.6) is 0 Å². The molecule has 3 aromatic heterocycles. The van der Waals surface area contributed by atoms with Gasteiger partial charge in [0.25, 0.3) is 0 Å². The summed E-state index contributed by atoms with van der Waals surface area (Å²) in [6.45, 7) is 13.7. The molecule has 0 saturated heterocycles. The van der Waals surface area contributed by atoms with Crippen molar-refractivity contribution in [3.8, 4) is 20.9 Å². The molecule has 0 N–H and O–H groups in total. The monoisotopic (exact) mass is 524 g/mol. The summed E-state index contributed by atoms with van der Waals surface area (Å²) in [5.74, 6) is 0. The normalized spacial score (nSPS) is 11.7. The average molecular weight is 525 g/mol. The standard InChI is InChI=1S/C30H40N2S3/c1-7-9-11-13-15-23-17-25(33-21(23)5)27-19(3)20(4)28(30-29(27)31-35-32-30)26-18-24(22(6)34-26)16-14-12-10-8-2/h17-18H,7-16H2,1-6H3. The lowest BCUT2D eigenvalue weighted by molar-refractivity contribution is 0.666. The molecule has 0 saturated carbocycles. The van der Waals surface area contributed by atoms with Crippen LogP contribution in [0.15, 0.2) is 12.1 Å². The van der Waals surface area contributed by atoms with E-state index in [1.807, 2.05) is 22.7 Å². The Labute approximate surface area is 224 Å². The van der Waals surface area contributed by atoms with Gasteiger partial charge in [0.15, 0.2) is 0 Å². The summed E-state index contributed by atoms with van der Waals surface area (Å²) in [7, 11) is 0. The van der Waals surface area contributed by atoms with Gasteiger partial charge in [-0.1, -0.05) is 52.4 Å². The average Bonchev–Trinajstić information content (AvgIpc) is 3.55. The highest BCUT2D eigenvalue weighted by Gasteiger charge is 2.23. The molecule has 4 rings (SSSR count). The van der Waals surface area contributed by atoms with Gasteiger partial charge in [-0.3, -0.25) is 0 Å². The lowest BCUT2D eigenvalue weighted by Gasteiger charge is -2.13. The van der Waals surface area contributed by atoms with Crippen LogP contribution in [0.25, 0.3) is 31.9 Å². The van der Waals surface area contributed by atoms with Crippen molar-refractivity contribution in [3.05, 3.63) is 44.1 Å². The fraction of sp³-hybridized carbons (Fsp3) is 0.533. The molecular formula is C30H40N2S3. The Hall–Kier alpha value is -1.56. The van der Waals surface area contributed by atoms with Crippen molar-refractivity contribution in [1.29, 1.82) is 0 Å². The van der Waals surface area contributed by atoms with Crippen molar-refractivity contribution in [2.75, 3.05) is 0 Å². The molecule has 2 nitrogen and oxygen atoms in total. The van der Waals surface area contributed by atoms with E-state index < -0.39 is 0 Å². The number of aryl methyl sites for hydroxylation is 4. The highest BCUT2D eigenvalue weighted by Crippen LogP contribution is 2.45. The maximum absolute atomic E-state index is 4.85. The highest BCUT2D eigenvalue weighted by molar-refractivity contribution is 7.16. The zero-order chi connectivity index (χ0) is 24.9. The Balaban J connectivity index is 1.70. The summed E-state index contributed by atoms with van der Waals surface area (Å²) >= 11 is 5.22. The van der Waals surface area contributed by atoms with Crippen LogP contribution in [-0.2, 0) is 12.8 Å². The van der Waals surface area contributed by atoms with E-state index in [0.29, 0.717) is 0 Å². The molecule has 0 amide bonds. The van der Waals surface area contributed by atoms with E-state index in [9.17, 15) is 0 Å². The third-order valence-electron chi connectivity index (χ3n) is 7.41. The minimum absolute atomic E-state index is 1.09. The first-order valence-electron chi connectivity index (χ1n) is 13.4. The molecule has 0 radical (unpaired) electrons. The predicted molar refractivity (Wildman–Crippen MR) is 159 cm³/mol. The Bertz CT molecular complexity index is 1180. The fourth-order valence-electron chi connectivity index (χ4n) is 5.12. The van der Waals surface area contributed by atoms with E-state index in [-0.39, 0.29) is 0 Å². The number of hydrogen-bond donors (Lipinski definition) is 0. The van der Waals surface area contributed by atoms with Gasteiger partial charge < -0.3 is 0 Å². The predicted octanol–water partition coefficient (Wildman–Crippen LogP) is 10.6. The van der Waals surface area contributed by atoms with Crippen molar-refractivity contribution in [2.24, 2.45) is 0 Å². The van der Waals surface area contributed by atoms with Crippen molar-refractivity contribution in [1.82, 2.24) is 8.75 Å². The van der Waals surface area contributed by atoms with Crippen LogP contribution in [0.1, 0.15) is 97.2 Å². The Morgan fingerprint density at radius 1 is 0.600 bits per heavy atom. The molecule has 0 spiro atoms. The van der Waals surface area contributed by atoms with E-state index in [4.69, 9.17) is 8.75 Å². The van der Waals surface area contributed by atoms with Crippen LogP contribution in [0.3, 0.4) is 0 Å². The van der Waals surface area contributed by atoms with Gasteiger partial charge in [0, 0.05) is 30.6 Å².